The molecule has 0 saturated carbocycles. The fraction of sp³-hybridized carbons (Fsp3) is 0.368. The van der Waals surface area contributed by atoms with Gasteiger partial charge in [0.2, 0.25) is 0 Å². The van der Waals surface area contributed by atoms with Crippen LogP contribution in [-0.4, -0.2) is 0 Å². The lowest BCUT2D eigenvalue weighted by atomic mass is 9.82. The highest BCUT2D eigenvalue weighted by molar-refractivity contribution is 5.18. The first kappa shape index (κ1) is 13.9. The van der Waals surface area contributed by atoms with Crippen molar-refractivity contribution in [3.8, 4) is 0 Å². The molecule has 0 unspecified atom stereocenters. The van der Waals surface area contributed by atoms with Crippen LogP contribution in [0.2, 0.25) is 0 Å². The maximum atomic E-state index is 2.39. The molecule has 0 aliphatic heterocycles. The zero-order valence-corrected chi connectivity index (χ0v) is 12.0. The third-order valence-corrected chi connectivity index (χ3v) is 4.13. The smallest absolute Gasteiger partial charge is 0.0245 e. The van der Waals surface area contributed by atoms with Gasteiger partial charge < -0.3 is 0 Å². The monoisotopic (exact) mass is 252 g/mol. The van der Waals surface area contributed by atoms with Crippen molar-refractivity contribution >= 4 is 0 Å². The van der Waals surface area contributed by atoms with E-state index in [0.29, 0.717) is 0 Å². The Morgan fingerprint density at radius 1 is 0.737 bits per heavy atom. The summed E-state index contributed by atoms with van der Waals surface area (Å²) in [6.07, 6.45) is 3.62. The Labute approximate surface area is 117 Å². The van der Waals surface area contributed by atoms with Gasteiger partial charge in [-0.05, 0) is 35.8 Å². The molecule has 0 aliphatic rings. The summed E-state index contributed by atoms with van der Waals surface area (Å²) in [5.41, 5.74) is 2.92. The van der Waals surface area contributed by atoms with Crippen LogP contribution in [0.3, 0.4) is 0 Å². The van der Waals surface area contributed by atoms with Crippen LogP contribution in [0.5, 0.6) is 0 Å². The molecule has 0 aromatic heterocycles. The molecule has 0 aliphatic carbocycles. The second kappa shape index (κ2) is 7.13. The first-order valence-electron chi connectivity index (χ1n) is 7.37. The third-order valence-electron chi connectivity index (χ3n) is 4.13. The normalized spacial score (nSPS) is 12.6. The largest absolute Gasteiger partial charge is 0.0651 e. The predicted molar refractivity (Wildman–Crippen MR) is 83.2 cm³/mol. The molecule has 0 saturated heterocycles. The van der Waals surface area contributed by atoms with Crippen LogP contribution < -0.4 is 0 Å². The van der Waals surface area contributed by atoms with E-state index in [-0.39, 0.29) is 0 Å². The van der Waals surface area contributed by atoms with Gasteiger partial charge in [-0.2, -0.15) is 0 Å². The molecule has 0 radical (unpaired) electrons. The molecule has 0 N–H and O–H groups in total. The van der Waals surface area contributed by atoms with Gasteiger partial charge in [0, 0.05) is 0 Å². The van der Waals surface area contributed by atoms with E-state index >= 15 is 0 Å². The van der Waals surface area contributed by atoms with Gasteiger partial charge in [0.1, 0.15) is 0 Å². The van der Waals surface area contributed by atoms with Crippen LogP contribution in [0.4, 0.5) is 0 Å². The average molecular weight is 252 g/mol. The summed E-state index contributed by atoms with van der Waals surface area (Å²) in [4.78, 5) is 0. The summed E-state index contributed by atoms with van der Waals surface area (Å²) in [5.74, 6) is 1.50. The lowest BCUT2D eigenvalue weighted by molar-refractivity contribution is 0.343. The summed E-state index contributed by atoms with van der Waals surface area (Å²) in [7, 11) is 0. The third kappa shape index (κ3) is 4.24. The van der Waals surface area contributed by atoms with Crippen molar-refractivity contribution in [3.05, 3.63) is 71.8 Å². The van der Waals surface area contributed by atoms with Crippen molar-refractivity contribution in [1.29, 1.82) is 0 Å². The molecule has 0 amide bonds. The molecular formula is C19H24. The Morgan fingerprint density at radius 2 is 1.16 bits per heavy atom. The first-order valence-corrected chi connectivity index (χ1v) is 7.37. The van der Waals surface area contributed by atoms with E-state index in [1.807, 2.05) is 0 Å². The van der Waals surface area contributed by atoms with E-state index in [9.17, 15) is 0 Å². The highest BCUT2D eigenvalue weighted by Gasteiger charge is 2.16. The van der Waals surface area contributed by atoms with E-state index in [4.69, 9.17) is 0 Å². The highest BCUT2D eigenvalue weighted by atomic mass is 14.2. The SMILES string of the molecule is CC[C@@H](C)C(Cc1ccccc1)Cc1ccccc1. The minimum Gasteiger partial charge on any atom is -0.0651 e. The van der Waals surface area contributed by atoms with Crippen LogP contribution in [-0.2, 0) is 12.8 Å². The van der Waals surface area contributed by atoms with E-state index < -0.39 is 0 Å². The Bertz CT molecular complexity index is 416. The zero-order chi connectivity index (χ0) is 13.5. The Morgan fingerprint density at radius 3 is 1.53 bits per heavy atom. The van der Waals surface area contributed by atoms with Gasteiger partial charge in [-0.25, -0.2) is 0 Å². The van der Waals surface area contributed by atoms with Crippen LogP contribution in [0, 0.1) is 11.8 Å². The second-order valence-electron chi connectivity index (χ2n) is 5.53. The van der Waals surface area contributed by atoms with Crippen LogP contribution in [0.25, 0.3) is 0 Å². The van der Waals surface area contributed by atoms with E-state index in [0.717, 1.165) is 11.8 Å². The molecule has 100 valence electrons. The molecule has 0 heteroatoms. The minimum absolute atomic E-state index is 0.731. The van der Waals surface area contributed by atoms with Crippen molar-refractivity contribution in [1.82, 2.24) is 0 Å². The molecular weight excluding hydrogens is 228 g/mol. The van der Waals surface area contributed by atoms with Gasteiger partial charge in [-0.1, -0.05) is 80.9 Å². The number of benzene rings is 2. The summed E-state index contributed by atoms with van der Waals surface area (Å²) in [6.45, 7) is 4.68. The maximum Gasteiger partial charge on any atom is -0.0245 e. The van der Waals surface area contributed by atoms with Gasteiger partial charge in [0.25, 0.3) is 0 Å². The lowest BCUT2D eigenvalue weighted by Crippen LogP contribution is -2.17. The topological polar surface area (TPSA) is 0 Å². The fourth-order valence-electron chi connectivity index (χ4n) is 2.64. The number of hydrogen-bond acceptors (Lipinski definition) is 0. The van der Waals surface area contributed by atoms with Gasteiger partial charge in [0.05, 0.1) is 0 Å². The van der Waals surface area contributed by atoms with Gasteiger partial charge >= 0.3 is 0 Å². The van der Waals surface area contributed by atoms with Crippen LogP contribution in [0.15, 0.2) is 60.7 Å². The van der Waals surface area contributed by atoms with E-state index in [1.54, 1.807) is 0 Å². The Balaban J connectivity index is 2.08. The number of rotatable bonds is 6. The standard InChI is InChI=1S/C19H24/c1-3-16(2)19(14-17-10-6-4-7-11-17)15-18-12-8-5-9-13-18/h4-13,16,19H,3,14-15H2,1-2H3/t16-/m1/s1. The Hall–Kier alpha value is -1.56. The molecule has 0 nitrogen and oxygen atoms in total. The van der Waals surface area contributed by atoms with Crippen molar-refractivity contribution in [3.63, 3.8) is 0 Å². The molecule has 0 heterocycles. The molecule has 2 rings (SSSR count). The van der Waals surface area contributed by atoms with Crippen LogP contribution in [0.1, 0.15) is 31.4 Å². The van der Waals surface area contributed by atoms with Crippen LogP contribution >= 0.6 is 0 Å². The second-order valence-corrected chi connectivity index (χ2v) is 5.53. The van der Waals surface area contributed by atoms with Crippen molar-refractivity contribution in [2.45, 2.75) is 33.1 Å². The van der Waals surface area contributed by atoms with Gasteiger partial charge in [-0.15, -0.1) is 0 Å². The molecule has 0 fully saturated rings. The molecule has 0 bridgehead atoms. The molecule has 2 aromatic rings. The highest BCUT2D eigenvalue weighted by Crippen LogP contribution is 2.24. The maximum absolute atomic E-state index is 2.39. The minimum atomic E-state index is 0.731. The molecule has 1 atom stereocenters. The quantitative estimate of drug-likeness (QED) is 0.668. The summed E-state index contributed by atoms with van der Waals surface area (Å²) in [5, 5.41) is 0. The van der Waals surface area contributed by atoms with E-state index in [1.165, 1.54) is 30.4 Å². The zero-order valence-electron chi connectivity index (χ0n) is 12.0. The van der Waals surface area contributed by atoms with Crippen molar-refractivity contribution < 1.29 is 0 Å². The molecule has 0 spiro atoms. The van der Waals surface area contributed by atoms with Crippen molar-refractivity contribution in [2.24, 2.45) is 11.8 Å². The average Bonchev–Trinajstić information content (AvgIpc) is 2.48. The summed E-state index contributed by atoms with van der Waals surface area (Å²) in [6, 6.07) is 21.8. The lowest BCUT2D eigenvalue weighted by Gasteiger charge is -2.23. The van der Waals surface area contributed by atoms with Crippen molar-refractivity contribution in [2.75, 3.05) is 0 Å². The molecule has 19 heavy (non-hydrogen) atoms. The predicted octanol–water partition coefficient (Wildman–Crippen LogP) is 5.13. The first-order chi connectivity index (χ1) is 9.29. The molecule has 2 aromatic carbocycles. The Kier molecular flexibility index (Phi) is 5.20. The summed E-state index contributed by atoms with van der Waals surface area (Å²) < 4.78 is 0. The van der Waals surface area contributed by atoms with Gasteiger partial charge in [-0.3, -0.25) is 0 Å². The van der Waals surface area contributed by atoms with Gasteiger partial charge in [0.15, 0.2) is 0 Å². The number of hydrogen-bond donors (Lipinski definition) is 0. The summed E-state index contributed by atoms with van der Waals surface area (Å²) >= 11 is 0. The van der Waals surface area contributed by atoms with E-state index in [2.05, 4.69) is 74.5 Å². The fourth-order valence-corrected chi connectivity index (χ4v) is 2.64.